The van der Waals surface area contributed by atoms with Crippen molar-refractivity contribution in [3.8, 4) is 0 Å². The Morgan fingerprint density at radius 2 is 1.91 bits per heavy atom. The van der Waals surface area contributed by atoms with Crippen LogP contribution >= 0.6 is 0 Å². The number of alkyl halides is 3. The molecule has 1 fully saturated rings. The van der Waals surface area contributed by atoms with Gasteiger partial charge in [-0.15, -0.1) is 0 Å². The predicted molar refractivity (Wildman–Crippen MR) is 73.9 cm³/mol. The Hall–Kier alpha value is -2.58. The van der Waals surface area contributed by atoms with Crippen molar-refractivity contribution in [1.82, 2.24) is 14.9 Å². The number of carbonyl (C=O) groups is 1. The number of hydrogen-bond donors (Lipinski definition) is 0. The summed E-state index contributed by atoms with van der Waals surface area (Å²) in [6, 6.07) is 4.03. The maximum absolute atomic E-state index is 12.7. The van der Waals surface area contributed by atoms with Gasteiger partial charge >= 0.3 is 6.18 Å². The fraction of sp³-hybridized carbons (Fsp3) is 0.357. The lowest BCUT2D eigenvalue weighted by Gasteiger charge is -2.34. The first-order valence-electron chi connectivity index (χ1n) is 6.93. The summed E-state index contributed by atoms with van der Waals surface area (Å²) in [5, 5.41) is 0. The van der Waals surface area contributed by atoms with E-state index in [0.29, 0.717) is 26.2 Å². The average Bonchev–Trinajstić information content (AvgIpc) is 3.08. The Bertz CT molecular complexity index is 680. The molecule has 0 N–H and O–H groups in total. The Kier molecular flexibility index (Phi) is 3.93. The third kappa shape index (κ3) is 3.27. The molecule has 0 radical (unpaired) electrons. The Morgan fingerprint density at radius 3 is 2.52 bits per heavy atom. The smallest absolute Gasteiger partial charge is 0.433 e. The number of hydrogen-bond acceptors (Lipinski definition) is 5. The molecule has 0 saturated carbocycles. The van der Waals surface area contributed by atoms with Crippen LogP contribution in [0, 0.1) is 0 Å². The second-order valence-electron chi connectivity index (χ2n) is 5.00. The van der Waals surface area contributed by atoms with Crippen molar-refractivity contribution in [2.75, 3.05) is 31.1 Å². The number of halogens is 3. The van der Waals surface area contributed by atoms with Crippen molar-refractivity contribution in [3.63, 3.8) is 0 Å². The van der Waals surface area contributed by atoms with Crippen molar-refractivity contribution < 1.29 is 22.4 Å². The van der Waals surface area contributed by atoms with E-state index in [1.165, 1.54) is 6.26 Å². The largest absolute Gasteiger partial charge is 0.459 e. The quantitative estimate of drug-likeness (QED) is 0.845. The molecule has 23 heavy (non-hydrogen) atoms. The highest BCUT2D eigenvalue weighted by Crippen LogP contribution is 2.28. The van der Waals surface area contributed by atoms with Gasteiger partial charge in [0.1, 0.15) is 5.69 Å². The van der Waals surface area contributed by atoms with Crippen molar-refractivity contribution in [3.05, 3.63) is 42.1 Å². The summed E-state index contributed by atoms with van der Waals surface area (Å²) in [6.07, 6.45) is -2.00. The van der Waals surface area contributed by atoms with E-state index in [1.54, 1.807) is 21.9 Å². The lowest BCUT2D eigenvalue weighted by Crippen LogP contribution is -2.49. The zero-order chi connectivity index (χ0) is 16.4. The van der Waals surface area contributed by atoms with E-state index in [-0.39, 0.29) is 17.6 Å². The summed E-state index contributed by atoms with van der Waals surface area (Å²) in [4.78, 5) is 22.8. The van der Waals surface area contributed by atoms with E-state index >= 15 is 0 Å². The van der Waals surface area contributed by atoms with Gasteiger partial charge in [0.25, 0.3) is 5.91 Å². The van der Waals surface area contributed by atoms with Gasteiger partial charge in [-0.3, -0.25) is 4.79 Å². The number of rotatable bonds is 2. The molecular formula is C14H13F3N4O2. The number of piperazine rings is 1. The first kappa shape index (κ1) is 15.3. The molecule has 0 unspecified atom stereocenters. The Morgan fingerprint density at radius 1 is 1.17 bits per heavy atom. The van der Waals surface area contributed by atoms with Crippen LogP contribution in [0.2, 0.25) is 0 Å². The number of aromatic nitrogens is 2. The van der Waals surface area contributed by atoms with Crippen LogP contribution in [0.4, 0.5) is 19.1 Å². The zero-order valence-electron chi connectivity index (χ0n) is 12.0. The molecule has 6 nitrogen and oxygen atoms in total. The highest BCUT2D eigenvalue weighted by molar-refractivity contribution is 5.91. The van der Waals surface area contributed by atoms with Gasteiger partial charge in [-0.05, 0) is 18.2 Å². The predicted octanol–water partition coefficient (Wildman–Crippen LogP) is 2.05. The van der Waals surface area contributed by atoms with Gasteiger partial charge in [0.2, 0.25) is 5.95 Å². The number of anilines is 1. The average molecular weight is 326 g/mol. The Labute approximate surface area is 129 Å². The third-order valence-electron chi connectivity index (χ3n) is 3.51. The van der Waals surface area contributed by atoms with Crippen molar-refractivity contribution in [1.29, 1.82) is 0 Å². The summed E-state index contributed by atoms with van der Waals surface area (Å²) >= 11 is 0. The van der Waals surface area contributed by atoms with Crippen LogP contribution in [0.1, 0.15) is 16.2 Å². The molecule has 0 aliphatic carbocycles. The van der Waals surface area contributed by atoms with E-state index in [9.17, 15) is 18.0 Å². The van der Waals surface area contributed by atoms with Crippen LogP contribution < -0.4 is 4.90 Å². The van der Waals surface area contributed by atoms with Crippen LogP contribution in [0.15, 0.2) is 35.1 Å². The van der Waals surface area contributed by atoms with Gasteiger partial charge in [0.15, 0.2) is 5.76 Å². The van der Waals surface area contributed by atoms with Crippen molar-refractivity contribution in [2.45, 2.75) is 6.18 Å². The fourth-order valence-electron chi connectivity index (χ4n) is 2.32. The maximum atomic E-state index is 12.7. The summed E-state index contributed by atoms with van der Waals surface area (Å²) in [6.45, 7) is 1.43. The monoisotopic (exact) mass is 326 g/mol. The summed E-state index contributed by atoms with van der Waals surface area (Å²) in [7, 11) is 0. The number of amides is 1. The Balaban J connectivity index is 1.66. The van der Waals surface area contributed by atoms with E-state index in [4.69, 9.17) is 4.42 Å². The summed E-state index contributed by atoms with van der Waals surface area (Å²) < 4.78 is 43.1. The van der Waals surface area contributed by atoms with Crippen LogP contribution in [-0.2, 0) is 6.18 Å². The van der Waals surface area contributed by atoms with Crippen molar-refractivity contribution >= 4 is 11.9 Å². The SMILES string of the molecule is O=C(c1ccco1)N1CCN(c2nccc(C(F)(F)F)n2)CC1. The zero-order valence-corrected chi connectivity index (χ0v) is 12.0. The van der Waals surface area contributed by atoms with E-state index in [2.05, 4.69) is 9.97 Å². The minimum atomic E-state index is -4.51. The van der Waals surface area contributed by atoms with E-state index < -0.39 is 11.9 Å². The lowest BCUT2D eigenvalue weighted by molar-refractivity contribution is -0.141. The normalized spacial score (nSPS) is 15.8. The molecule has 3 heterocycles. The maximum Gasteiger partial charge on any atom is 0.433 e. The molecule has 0 spiro atoms. The minimum Gasteiger partial charge on any atom is -0.459 e. The molecule has 1 amide bonds. The molecule has 0 atom stereocenters. The van der Waals surface area contributed by atoms with E-state index in [1.807, 2.05) is 0 Å². The topological polar surface area (TPSA) is 62.5 Å². The summed E-state index contributed by atoms with van der Waals surface area (Å²) in [5.74, 6) is 0.0262. The molecule has 1 aliphatic rings. The standard InChI is InChI=1S/C14H13F3N4O2/c15-14(16,17)11-3-4-18-13(19-11)21-7-5-20(6-8-21)12(22)10-2-1-9-23-10/h1-4,9H,5-8H2. The second-order valence-corrected chi connectivity index (χ2v) is 5.00. The van der Waals surface area contributed by atoms with Crippen LogP contribution in [0.25, 0.3) is 0 Å². The molecule has 9 heteroatoms. The number of furan rings is 1. The van der Waals surface area contributed by atoms with Gasteiger partial charge in [-0.1, -0.05) is 0 Å². The fourth-order valence-corrected chi connectivity index (χ4v) is 2.32. The highest BCUT2D eigenvalue weighted by atomic mass is 19.4. The van der Waals surface area contributed by atoms with Crippen molar-refractivity contribution in [2.24, 2.45) is 0 Å². The minimum absolute atomic E-state index is 0.0184. The van der Waals surface area contributed by atoms with Gasteiger partial charge in [-0.2, -0.15) is 13.2 Å². The lowest BCUT2D eigenvalue weighted by atomic mass is 10.3. The molecule has 2 aromatic heterocycles. The van der Waals surface area contributed by atoms with Gasteiger partial charge in [0, 0.05) is 32.4 Å². The van der Waals surface area contributed by atoms with Crippen LogP contribution in [0.3, 0.4) is 0 Å². The molecule has 0 aromatic carbocycles. The van der Waals surface area contributed by atoms with Crippen LogP contribution in [-0.4, -0.2) is 47.0 Å². The van der Waals surface area contributed by atoms with Crippen LogP contribution in [0.5, 0.6) is 0 Å². The van der Waals surface area contributed by atoms with Gasteiger partial charge < -0.3 is 14.2 Å². The first-order valence-corrected chi connectivity index (χ1v) is 6.93. The first-order chi connectivity index (χ1) is 10.9. The molecular weight excluding hydrogens is 313 g/mol. The number of nitrogens with zero attached hydrogens (tertiary/aromatic N) is 4. The molecule has 122 valence electrons. The second kappa shape index (κ2) is 5.90. The molecule has 1 aliphatic heterocycles. The molecule has 2 aromatic rings. The molecule has 0 bridgehead atoms. The number of carbonyl (C=O) groups excluding carboxylic acids is 1. The highest BCUT2D eigenvalue weighted by Gasteiger charge is 2.33. The molecule has 1 saturated heterocycles. The van der Waals surface area contributed by atoms with Gasteiger partial charge in [-0.25, -0.2) is 9.97 Å². The third-order valence-corrected chi connectivity index (χ3v) is 3.51. The van der Waals surface area contributed by atoms with Gasteiger partial charge in [0.05, 0.1) is 6.26 Å². The molecule has 3 rings (SSSR count). The summed E-state index contributed by atoms with van der Waals surface area (Å²) in [5.41, 5.74) is -0.975. The van der Waals surface area contributed by atoms with E-state index in [0.717, 1.165) is 12.3 Å².